The predicted octanol–water partition coefficient (Wildman–Crippen LogP) is 4.34. The molecule has 2 aliphatic rings. The van der Waals surface area contributed by atoms with E-state index >= 15 is 0 Å². The third-order valence-electron chi connectivity index (χ3n) is 5.69. The summed E-state index contributed by atoms with van der Waals surface area (Å²) in [5.74, 6) is 1.24. The van der Waals surface area contributed by atoms with Crippen LogP contribution in [-0.4, -0.2) is 30.3 Å². The molecule has 2 heteroatoms. The summed E-state index contributed by atoms with van der Waals surface area (Å²) in [4.78, 5) is 15.4. The summed E-state index contributed by atoms with van der Waals surface area (Å²) in [6.07, 6.45) is 6.94. The molecule has 0 N–H and O–H groups in total. The normalized spacial score (nSPS) is 28.7. The number of rotatable bonds is 4. The van der Waals surface area contributed by atoms with Crippen molar-refractivity contribution in [2.24, 2.45) is 17.3 Å². The van der Waals surface area contributed by atoms with Crippen LogP contribution in [0, 0.1) is 17.3 Å². The Bertz CT molecular complexity index is 516. The molecular formula is C21H31NO. The van der Waals surface area contributed by atoms with Crippen LogP contribution in [0.4, 0.5) is 0 Å². The van der Waals surface area contributed by atoms with Crippen LogP contribution in [-0.2, 0) is 11.2 Å². The van der Waals surface area contributed by atoms with E-state index in [1.807, 2.05) is 0 Å². The Morgan fingerprint density at radius 2 is 1.78 bits per heavy atom. The molecule has 1 aliphatic heterocycles. The molecule has 1 saturated carbocycles. The molecule has 0 amide bonds. The molecule has 23 heavy (non-hydrogen) atoms. The Morgan fingerprint density at radius 1 is 1.09 bits per heavy atom. The number of hydrogen-bond acceptors (Lipinski definition) is 2. The van der Waals surface area contributed by atoms with Crippen molar-refractivity contribution in [2.45, 2.75) is 52.4 Å². The minimum Gasteiger partial charge on any atom is -0.303 e. The lowest BCUT2D eigenvalue weighted by Gasteiger charge is -2.42. The van der Waals surface area contributed by atoms with Crippen molar-refractivity contribution in [3.8, 4) is 0 Å². The largest absolute Gasteiger partial charge is 0.303 e. The monoisotopic (exact) mass is 313 g/mol. The second-order valence-electron chi connectivity index (χ2n) is 8.43. The summed E-state index contributed by atoms with van der Waals surface area (Å²) in [6, 6.07) is 10.7. The van der Waals surface area contributed by atoms with Gasteiger partial charge < -0.3 is 4.90 Å². The highest BCUT2D eigenvalue weighted by atomic mass is 16.1. The van der Waals surface area contributed by atoms with Gasteiger partial charge in [0.1, 0.15) is 5.78 Å². The molecule has 0 radical (unpaired) electrons. The molecule has 1 aromatic carbocycles. The minimum atomic E-state index is 0.162. The molecule has 1 aliphatic carbocycles. The second kappa shape index (κ2) is 7.17. The molecule has 2 unspecified atom stereocenters. The molecule has 0 spiro atoms. The van der Waals surface area contributed by atoms with Crippen LogP contribution >= 0.6 is 0 Å². The van der Waals surface area contributed by atoms with Crippen LogP contribution in [0.15, 0.2) is 30.3 Å². The number of hydrogen-bond donors (Lipinski definition) is 0. The van der Waals surface area contributed by atoms with E-state index in [-0.39, 0.29) is 11.3 Å². The maximum Gasteiger partial charge on any atom is 0.138 e. The van der Waals surface area contributed by atoms with Crippen LogP contribution in [0.1, 0.15) is 51.5 Å². The van der Waals surface area contributed by atoms with Gasteiger partial charge in [-0.15, -0.1) is 0 Å². The van der Waals surface area contributed by atoms with Crippen molar-refractivity contribution in [1.82, 2.24) is 4.90 Å². The van der Waals surface area contributed by atoms with E-state index in [9.17, 15) is 4.79 Å². The molecule has 3 rings (SSSR count). The van der Waals surface area contributed by atoms with E-state index < -0.39 is 0 Å². The standard InChI is InChI=1S/C21H31NO/c1-21(2)14-18(13-17-9-5-3-6-10-17)19(20(23)15-21)16-22-11-7-4-8-12-22/h3,5-6,9-10,18-19H,4,7-8,11-16H2,1-2H3. The summed E-state index contributed by atoms with van der Waals surface area (Å²) >= 11 is 0. The van der Waals surface area contributed by atoms with Gasteiger partial charge in [0, 0.05) is 18.9 Å². The zero-order valence-corrected chi connectivity index (χ0v) is 14.8. The highest BCUT2D eigenvalue weighted by Gasteiger charge is 2.41. The van der Waals surface area contributed by atoms with E-state index in [0.717, 1.165) is 19.4 Å². The van der Waals surface area contributed by atoms with E-state index in [2.05, 4.69) is 49.1 Å². The average molecular weight is 313 g/mol. The van der Waals surface area contributed by atoms with Gasteiger partial charge in [-0.1, -0.05) is 50.6 Å². The lowest BCUT2D eigenvalue weighted by molar-refractivity contribution is -0.131. The summed E-state index contributed by atoms with van der Waals surface area (Å²) in [6.45, 7) is 7.89. The predicted molar refractivity (Wildman–Crippen MR) is 95.4 cm³/mol. The van der Waals surface area contributed by atoms with Crippen LogP contribution in [0.3, 0.4) is 0 Å². The molecule has 126 valence electrons. The van der Waals surface area contributed by atoms with Gasteiger partial charge in [0.2, 0.25) is 0 Å². The van der Waals surface area contributed by atoms with Crippen LogP contribution in [0.2, 0.25) is 0 Å². The molecule has 1 heterocycles. The molecule has 0 aromatic heterocycles. The van der Waals surface area contributed by atoms with Crippen molar-refractivity contribution in [3.63, 3.8) is 0 Å². The van der Waals surface area contributed by atoms with Crippen molar-refractivity contribution in [2.75, 3.05) is 19.6 Å². The number of carbonyl (C=O) groups excluding carboxylic acids is 1. The van der Waals surface area contributed by atoms with E-state index in [1.54, 1.807) is 0 Å². The number of nitrogens with zero attached hydrogens (tertiary/aromatic N) is 1. The van der Waals surface area contributed by atoms with Crippen molar-refractivity contribution in [3.05, 3.63) is 35.9 Å². The number of benzene rings is 1. The van der Waals surface area contributed by atoms with Crippen molar-refractivity contribution < 1.29 is 4.79 Å². The number of piperidine rings is 1. The summed E-state index contributed by atoms with van der Waals surface area (Å²) in [5.41, 5.74) is 1.54. The van der Waals surface area contributed by atoms with Crippen LogP contribution in [0.5, 0.6) is 0 Å². The highest BCUT2D eigenvalue weighted by Crippen LogP contribution is 2.41. The molecule has 0 bridgehead atoms. The van der Waals surface area contributed by atoms with Gasteiger partial charge in [-0.05, 0) is 55.7 Å². The molecule has 2 fully saturated rings. The first-order valence-electron chi connectivity index (χ1n) is 9.32. The van der Waals surface area contributed by atoms with Gasteiger partial charge in [-0.2, -0.15) is 0 Å². The fourth-order valence-electron chi connectivity index (χ4n) is 4.59. The Kier molecular flexibility index (Phi) is 5.21. The number of likely N-dealkylation sites (tertiary alicyclic amines) is 1. The Balaban J connectivity index is 1.73. The Morgan fingerprint density at radius 3 is 2.48 bits per heavy atom. The summed E-state index contributed by atoms with van der Waals surface area (Å²) in [5, 5.41) is 0. The minimum absolute atomic E-state index is 0.162. The van der Waals surface area contributed by atoms with Crippen molar-refractivity contribution in [1.29, 1.82) is 0 Å². The second-order valence-corrected chi connectivity index (χ2v) is 8.43. The fourth-order valence-corrected chi connectivity index (χ4v) is 4.59. The van der Waals surface area contributed by atoms with Gasteiger partial charge in [0.15, 0.2) is 0 Å². The Hall–Kier alpha value is -1.15. The molecular weight excluding hydrogens is 282 g/mol. The number of ketones is 1. The topological polar surface area (TPSA) is 20.3 Å². The molecule has 1 saturated heterocycles. The average Bonchev–Trinajstić information content (AvgIpc) is 2.52. The van der Waals surface area contributed by atoms with E-state index in [0.29, 0.717) is 11.7 Å². The van der Waals surface area contributed by atoms with Crippen LogP contribution in [0.25, 0.3) is 0 Å². The quantitative estimate of drug-likeness (QED) is 0.824. The smallest absolute Gasteiger partial charge is 0.138 e. The van der Waals surface area contributed by atoms with Gasteiger partial charge in [-0.25, -0.2) is 0 Å². The molecule has 2 atom stereocenters. The number of carbonyl (C=O) groups is 1. The highest BCUT2D eigenvalue weighted by molar-refractivity contribution is 5.83. The maximum atomic E-state index is 12.9. The zero-order chi connectivity index (χ0) is 16.3. The maximum absolute atomic E-state index is 12.9. The van der Waals surface area contributed by atoms with Crippen LogP contribution < -0.4 is 0 Å². The van der Waals surface area contributed by atoms with Gasteiger partial charge >= 0.3 is 0 Å². The van der Waals surface area contributed by atoms with Crippen molar-refractivity contribution >= 4 is 5.78 Å². The fraction of sp³-hybridized carbons (Fsp3) is 0.667. The van der Waals surface area contributed by atoms with Gasteiger partial charge in [-0.3, -0.25) is 4.79 Å². The lowest BCUT2D eigenvalue weighted by Crippen LogP contribution is -2.45. The third kappa shape index (κ3) is 4.44. The van der Waals surface area contributed by atoms with E-state index in [1.165, 1.54) is 44.3 Å². The zero-order valence-electron chi connectivity index (χ0n) is 14.8. The molecule has 1 aromatic rings. The Labute approximate surface area is 141 Å². The summed E-state index contributed by atoms with van der Waals surface area (Å²) in [7, 11) is 0. The number of Topliss-reactive ketones (excluding diaryl/α,β-unsaturated/α-hetero) is 1. The van der Waals surface area contributed by atoms with Gasteiger partial charge in [0.05, 0.1) is 0 Å². The third-order valence-corrected chi connectivity index (χ3v) is 5.69. The van der Waals surface area contributed by atoms with E-state index in [4.69, 9.17) is 0 Å². The van der Waals surface area contributed by atoms with Gasteiger partial charge in [0.25, 0.3) is 0 Å². The molecule has 2 nitrogen and oxygen atoms in total. The lowest BCUT2D eigenvalue weighted by atomic mass is 9.64. The first-order chi connectivity index (χ1) is 11.0. The SMILES string of the molecule is CC1(C)CC(=O)C(CN2CCCCC2)C(Cc2ccccc2)C1. The first kappa shape index (κ1) is 16.7. The first-order valence-corrected chi connectivity index (χ1v) is 9.32. The summed E-state index contributed by atoms with van der Waals surface area (Å²) < 4.78 is 0.